The number of hydrogen-bond acceptors (Lipinski definition) is 6. The number of nitrogens with zero attached hydrogens (tertiary/aromatic N) is 3. The first-order valence-electron chi connectivity index (χ1n) is 9.34. The summed E-state index contributed by atoms with van der Waals surface area (Å²) < 4.78 is 33.1. The minimum atomic E-state index is -3.51. The second-order valence-electron chi connectivity index (χ2n) is 6.75. The van der Waals surface area contributed by atoms with E-state index < -0.39 is 10.0 Å². The van der Waals surface area contributed by atoms with Gasteiger partial charge in [-0.3, -0.25) is 0 Å². The van der Waals surface area contributed by atoms with Gasteiger partial charge >= 0.3 is 0 Å². The highest BCUT2D eigenvalue weighted by atomic mass is 35.5. The van der Waals surface area contributed by atoms with Gasteiger partial charge in [-0.1, -0.05) is 54.0 Å². The SMILES string of the molecule is O=S(=O)(c1cccc(-c2nnc(SCc3ccccc3Cl)o2)c1)N1CCCCC1. The van der Waals surface area contributed by atoms with Crippen LogP contribution in [0.2, 0.25) is 5.02 Å². The third kappa shape index (κ3) is 4.66. The number of halogens is 1. The van der Waals surface area contributed by atoms with Gasteiger partial charge in [0.15, 0.2) is 0 Å². The second kappa shape index (κ2) is 8.87. The van der Waals surface area contributed by atoms with Crippen molar-refractivity contribution in [2.75, 3.05) is 13.1 Å². The van der Waals surface area contributed by atoms with Gasteiger partial charge < -0.3 is 4.42 Å². The summed E-state index contributed by atoms with van der Waals surface area (Å²) in [6, 6.07) is 14.3. The fraction of sp³-hybridized carbons (Fsp3) is 0.300. The fourth-order valence-electron chi connectivity index (χ4n) is 3.18. The van der Waals surface area contributed by atoms with Crippen LogP contribution in [-0.4, -0.2) is 36.0 Å². The molecule has 1 fully saturated rings. The number of piperidine rings is 1. The standard InChI is InChI=1S/C20H20ClN3O3S2/c21-18-10-3-2-7-16(18)14-28-20-23-22-19(27-20)15-8-6-9-17(13-15)29(25,26)24-11-4-1-5-12-24/h2-3,6-10,13H,1,4-5,11-12,14H2. The molecule has 4 rings (SSSR count). The molecule has 0 aliphatic carbocycles. The van der Waals surface area contributed by atoms with Crippen molar-refractivity contribution in [2.45, 2.75) is 35.1 Å². The number of rotatable bonds is 6. The summed E-state index contributed by atoms with van der Waals surface area (Å²) in [6.45, 7) is 1.13. The third-order valence-corrected chi connectivity index (χ3v) is 7.88. The zero-order valence-electron chi connectivity index (χ0n) is 15.6. The monoisotopic (exact) mass is 449 g/mol. The number of sulfonamides is 1. The van der Waals surface area contributed by atoms with Gasteiger partial charge in [-0.15, -0.1) is 10.2 Å². The minimum absolute atomic E-state index is 0.250. The molecule has 0 radical (unpaired) electrons. The van der Waals surface area contributed by atoms with Crippen LogP contribution in [0.3, 0.4) is 0 Å². The topological polar surface area (TPSA) is 76.3 Å². The van der Waals surface area contributed by atoms with Crippen LogP contribution in [0.1, 0.15) is 24.8 Å². The van der Waals surface area contributed by atoms with Crippen molar-refractivity contribution in [3.63, 3.8) is 0 Å². The normalized spacial score (nSPS) is 15.5. The molecule has 1 saturated heterocycles. The van der Waals surface area contributed by atoms with E-state index in [0.717, 1.165) is 24.8 Å². The summed E-state index contributed by atoms with van der Waals surface area (Å²) in [5, 5.41) is 9.24. The van der Waals surface area contributed by atoms with Gasteiger partial charge in [0.2, 0.25) is 15.9 Å². The van der Waals surface area contributed by atoms with Crippen LogP contribution in [0.15, 0.2) is 63.1 Å². The van der Waals surface area contributed by atoms with Gasteiger partial charge in [0.05, 0.1) is 4.90 Å². The van der Waals surface area contributed by atoms with Gasteiger partial charge in [-0.2, -0.15) is 4.31 Å². The first-order valence-corrected chi connectivity index (χ1v) is 12.1. The maximum Gasteiger partial charge on any atom is 0.277 e. The lowest BCUT2D eigenvalue weighted by Crippen LogP contribution is -2.35. The quantitative estimate of drug-likeness (QED) is 0.500. The van der Waals surface area contributed by atoms with E-state index in [0.29, 0.717) is 40.5 Å². The summed E-state index contributed by atoms with van der Waals surface area (Å²) in [5.74, 6) is 0.896. The van der Waals surface area contributed by atoms with Crippen LogP contribution < -0.4 is 0 Å². The fourth-order valence-corrected chi connectivity index (χ4v) is 5.80. The van der Waals surface area contributed by atoms with E-state index in [9.17, 15) is 8.42 Å². The zero-order chi connectivity index (χ0) is 20.3. The molecule has 0 bridgehead atoms. The van der Waals surface area contributed by atoms with Gasteiger partial charge in [0.25, 0.3) is 5.22 Å². The van der Waals surface area contributed by atoms with Crippen LogP contribution in [0, 0.1) is 0 Å². The largest absolute Gasteiger partial charge is 0.411 e. The van der Waals surface area contributed by atoms with Crippen molar-refractivity contribution >= 4 is 33.4 Å². The van der Waals surface area contributed by atoms with Crippen LogP contribution in [0.5, 0.6) is 0 Å². The molecule has 0 unspecified atom stereocenters. The summed E-state index contributed by atoms with van der Waals surface area (Å²) in [5.41, 5.74) is 1.56. The van der Waals surface area contributed by atoms with E-state index in [-0.39, 0.29) is 4.90 Å². The van der Waals surface area contributed by atoms with E-state index >= 15 is 0 Å². The molecule has 0 N–H and O–H groups in total. The van der Waals surface area contributed by atoms with Crippen LogP contribution in [0.25, 0.3) is 11.5 Å². The van der Waals surface area contributed by atoms with Crippen molar-refractivity contribution in [3.8, 4) is 11.5 Å². The Hall–Kier alpha value is -1.87. The van der Waals surface area contributed by atoms with Crippen molar-refractivity contribution < 1.29 is 12.8 Å². The first kappa shape index (κ1) is 20.4. The van der Waals surface area contributed by atoms with E-state index in [1.807, 2.05) is 24.3 Å². The number of thioether (sulfide) groups is 1. The van der Waals surface area contributed by atoms with Crippen molar-refractivity contribution in [3.05, 3.63) is 59.1 Å². The molecule has 2 heterocycles. The Bertz CT molecular complexity index is 1100. The average Bonchev–Trinajstić information content (AvgIpc) is 3.23. The molecule has 0 amide bonds. The number of benzene rings is 2. The molecule has 152 valence electrons. The average molecular weight is 450 g/mol. The van der Waals surface area contributed by atoms with Crippen molar-refractivity contribution in [2.24, 2.45) is 0 Å². The van der Waals surface area contributed by atoms with Crippen LogP contribution >= 0.6 is 23.4 Å². The highest BCUT2D eigenvalue weighted by molar-refractivity contribution is 7.98. The summed E-state index contributed by atoms with van der Waals surface area (Å²) in [7, 11) is -3.51. The molecule has 6 nitrogen and oxygen atoms in total. The Labute approximate surface area is 179 Å². The van der Waals surface area contributed by atoms with E-state index in [1.165, 1.54) is 11.8 Å². The highest BCUT2D eigenvalue weighted by Crippen LogP contribution is 2.29. The first-order chi connectivity index (χ1) is 14.0. The molecule has 0 saturated carbocycles. The lowest BCUT2D eigenvalue weighted by atomic mass is 10.2. The highest BCUT2D eigenvalue weighted by Gasteiger charge is 2.26. The van der Waals surface area contributed by atoms with Crippen LogP contribution in [-0.2, 0) is 15.8 Å². The Morgan fingerprint density at radius 3 is 2.62 bits per heavy atom. The maximum absolute atomic E-state index is 12.9. The second-order valence-corrected chi connectivity index (χ2v) is 10.0. The predicted octanol–water partition coefficient (Wildman–Crippen LogP) is 4.86. The predicted molar refractivity (Wildman–Crippen MR) is 113 cm³/mol. The van der Waals surface area contributed by atoms with Gasteiger partial charge in [-0.25, -0.2) is 8.42 Å². The van der Waals surface area contributed by atoms with E-state index in [1.54, 1.807) is 28.6 Å². The number of hydrogen-bond donors (Lipinski definition) is 0. The Morgan fingerprint density at radius 2 is 1.83 bits per heavy atom. The molecule has 9 heteroatoms. The molecule has 0 spiro atoms. The summed E-state index contributed by atoms with van der Waals surface area (Å²) in [6.07, 6.45) is 2.87. The molecule has 3 aromatic rings. The summed E-state index contributed by atoms with van der Waals surface area (Å²) >= 11 is 7.56. The minimum Gasteiger partial charge on any atom is -0.411 e. The molecule has 1 aromatic heterocycles. The Kier molecular flexibility index (Phi) is 6.24. The molecule has 29 heavy (non-hydrogen) atoms. The summed E-state index contributed by atoms with van der Waals surface area (Å²) in [4.78, 5) is 0.250. The molecule has 2 aromatic carbocycles. The molecule has 1 aliphatic rings. The van der Waals surface area contributed by atoms with Gasteiger partial charge in [0, 0.05) is 29.4 Å². The van der Waals surface area contributed by atoms with E-state index in [2.05, 4.69) is 10.2 Å². The lowest BCUT2D eigenvalue weighted by Gasteiger charge is -2.25. The van der Waals surface area contributed by atoms with Gasteiger partial charge in [-0.05, 0) is 42.7 Å². The Morgan fingerprint density at radius 1 is 1.03 bits per heavy atom. The smallest absolute Gasteiger partial charge is 0.277 e. The van der Waals surface area contributed by atoms with Crippen LogP contribution in [0.4, 0.5) is 0 Å². The van der Waals surface area contributed by atoms with Crippen molar-refractivity contribution in [1.82, 2.24) is 14.5 Å². The third-order valence-electron chi connectivity index (χ3n) is 4.75. The zero-order valence-corrected chi connectivity index (χ0v) is 18.0. The van der Waals surface area contributed by atoms with Gasteiger partial charge in [0.1, 0.15) is 0 Å². The molecule has 1 aliphatic heterocycles. The van der Waals surface area contributed by atoms with E-state index in [4.69, 9.17) is 16.0 Å². The maximum atomic E-state index is 12.9. The lowest BCUT2D eigenvalue weighted by molar-refractivity contribution is 0.346. The molecule has 0 atom stereocenters. The molecular formula is C20H20ClN3O3S2. The number of aromatic nitrogens is 2. The Balaban J connectivity index is 1.51. The van der Waals surface area contributed by atoms with Crippen molar-refractivity contribution in [1.29, 1.82) is 0 Å². The molecular weight excluding hydrogens is 430 g/mol.